The summed E-state index contributed by atoms with van der Waals surface area (Å²) in [6, 6.07) is 3.48. The first-order chi connectivity index (χ1) is 22.3. The lowest BCUT2D eigenvalue weighted by atomic mass is 10.2. The van der Waals surface area contributed by atoms with Gasteiger partial charge < -0.3 is 14.6 Å². The van der Waals surface area contributed by atoms with Gasteiger partial charge in [0.25, 0.3) is 0 Å². The largest absolute Gasteiger partial charge is 0.477 e. The molecule has 1 N–H and O–H groups in total. The first-order valence-electron chi connectivity index (χ1n) is 14.2. The van der Waals surface area contributed by atoms with Crippen LogP contribution in [0.2, 0.25) is 0 Å². The normalized spacial score (nSPS) is 10.7. The predicted molar refractivity (Wildman–Crippen MR) is 187 cm³/mol. The van der Waals surface area contributed by atoms with Gasteiger partial charge in [-0.1, -0.05) is 0 Å². The number of carboxylic acid groups (broad SMARTS) is 1. The van der Waals surface area contributed by atoms with Crippen LogP contribution in [0.4, 0.5) is 0 Å². The van der Waals surface area contributed by atoms with Crippen LogP contribution in [0.5, 0.6) is 0 Å². The zero-order chi connectivity index (χ0) is 34.6. The zero-order valence-electron chi connectivity index (χ0n) is 26.8. The molecular weight excluding hydrogens is 728 g/mol. The molecule has 0 atom stereocenters. The van der Waals surface area contributed by atoms with Crippen LogP contribution < -0.4 is 0 Å². The molecule has 6 aromatic rings. The second-order valence-corrected chi connectivity index (χ2v) is 13.9. The van der Waals surface area contributed by atoms with E-state index in [1.807, 2.05) is 47.6 Å². The highest BCUT2D eigenvalue weighted by Gasteiger charge is 2.21. The second-order valence-electron chi connectivity index (χ2n) is 10.1. The number of rotatable bonds is 5. The molecule has 6 rings (SSSR count). The van der Waals surface area contributed by atoms with Crippen molar-refractivity contribution in [2.75, 3.05) is 13.2 Å². The molecule has 0 aromatic carbocycles. The smallest absolute Gasteiger partial charge is 0.349 e. The van der Waals surface area contributed by atoms with E-state index in [-0.39, 0.29) is 11.9 Å². The molecule has 47 heavy (non-hydrogen) atoms. The Kier molecular flexibility index (Phi) is 11.7. The lowest BCUT2D eigenvalue weighted by molar-refractivity contribution is 0.0522. The third kappa shape index (κ3) is 7.77. The number of aryl methyl sites for hydroxylation is 6. The predicted octanol–water partition coefficient (Wildman–Crippen LogP) is 7.74. The van der Waals surface area contributed by atoms with Crippen molar-refractivity contribution in [3.8, 4) is 0 Å². The number of aromatic carboxylic acids is 1. The summed E-state index contributed by atoms with van der Waals surface area (Å²) in [5.74, 6) is -1.52. The fourth-order valence-electron chi connectivity index (χ4n) is 4.14. The van der Waals surface area contributed by atoms with Gasteiger partial charge in [-0.2, -0.15) is 15.3 Å². The molecule has 0 aliphatic rings. The van der Waals surface area contributed by atoms with Gasteiger partial charge in [-0.05, 0) is 100 Å². The molecule has 0 radical (unpaired) electrons. The summed E-state index contributed by atoms with van der Waals surface area (Å²) in [5.41, 5.74) is 5.70. The van der Waals surface area contributed by atoms with E-state index in [9.17, 15) is 14.4 Å². The summed E-state index contributed by atoms with van der Waals surface area (Å²) in [6.07, 6.45) is 0. The summed E-state index contributed by atoms with van der Waals surface area (Å²) in [6.45, 7) is 15.9. The number of carbonyl (C=O) groups excluding carboxylic acids is 2. The first-order valence-corrected chi connectivity index (χ1v) is 17.5. The molecule has 0 aliphatic heterocycles. The van der Waals surface area contributed by atoms with Crippen LogP contribution in [0, 0.1) is 41.5 Å². The molecule has 0 aliphatic carbocycles. The molecule has 0 bridgehead atoms. The fraction of sp³-hybridized carbons (Fsp3) is 0.323. The van der Waals surface area contributed by atoms with Gasteiger partial charge in [-0.15, -0.1) is 49.3 Å². The number of esters is 2. The van der Waals surface area contributed by atoms with Gasteiger partial charge in [0.05, 0.1) is 34.8 Å². The molecule has 246 valence electrons. The van der Waals surface area contributed by atoms with Crippen LogP contribution in [0.25, 0.3) is 30.6 Å². The molecular formula is C31H31BrN6O6S3. The van der Waals surface area contributed by atoms with Crippen molar-refractivity contribution in [3.05, 3.63) is 65.0 Å². The Morgan fingerprint density at radius 2 is 1.11 bits per heavy atom. The number of hydrogen-bond donors (Lipinski definition) is 1. The number of hydrogen-bond acceptors (Lipinski definition) is 14. The van der Waals surface area contributed by atoms with Crippen LogP contribution in [-0.4, -0.2) is 66.8 Å². The van der Waals surface area contributed by atoms with E-state index in [1.165, 1.54) is 22.7 Å². The lowest BCUT2D eigenvalue weighted by Crippen LogP contribution is -2.02. The molecule has 0 saturated carbocycles. The first kappa shape index (κ1) is 35.9. The summed E-state index contributed by atoms with van der Waals surface area (Å²) in [7, 11) is 0. The van der Waals surface area contributed by atoms with Crippen molar-refractivity contribution in [1.82, 2.24) is 30.6 Å². The number of carboxylic acids is 1. The van der Waals surface area contributed by atoms with Crippen LogP contribution in [-0.2, 0) is 9.47 Å². The highest BCUT2D eigenvalue weighted by atomic mass is 79.9. The highest BCUT2D eigenvalue weighted by molar-refractivity contribution is 9.10. The Labute approximate surface area is 290 Å². The average Bonchev–Trinajstić information content (AvgIpc) is 3.76. The number of fused-ring (bicyclic) bond motifs is 3. The van der Waals surface area contributed by atoms with E-state index >= 15 is 0 Å². The van der Waals surface area contributed by atoms with Gasteiger partial charge in [0, 0.05) is 16.2 Å². The lowest BCUT2D eigenvalue weighted by Gasteiger charge is -2.00. The standard InChI is InChI=1S/C11H11BrN2O2S.C11H12N2O2S.C9H8N2O2S/c1-4-16-11(15)9-8(12)7-5(2)6(3)13-14-10(7)17-9;1-4-15-11(14)9-5-8-6(2)7(3)12-13-10(8)16-9;1-4-5(2)10-11-8-6(4)3-7(14-8)9(12)13/h4H2,1-3H3;5H,4H2,1-3H3;3H,1-2H3,(H,12,13). The van der Waals surface area contributed by atoms with E-state index < -0.39 is 5.97 Å². The van der Waals surface area contributed by atoms with Crippen molar-refractivity contribution in [2.45, 2.75) is 55.4 Å². The minimum Gasteiger partial charge on any atom is -0.477 e. The third-order valence-electron chi connectivity index (χ3n) is 7.09. The minimum atomic E-state index is -0.912. The van der Waals surface area contributed by atoms with E-state index in [0.29, 0.717) is 32.7 Å². The molecule has 0 saturated heterocycles. The van der Waals surface area contributed by atoms with Gasteiger partial charge >= 0.3 is 17.9 Å². The van der Waals surface area contributed by atoms with E-state index in [4.69, 9.17) is 14.6 Å². The topological polar surface area (TPSA) is 167 Å². The Bertz CT molecular complexity index is 2140. The number of nitrogens with zero attached hydrogens (tertiary/aromatic N) is 6. The van der Waals surface area contributed by atoms with Gasteiger partial charge in [-0.25, -0.2) is 14.4 Å². The number of halogens is 1. The molecule has 0 unspecified atom stereocenters. The molecule has 0 fully saturated rings. The van der Waals surface area contributed by atoms with Crippen molar-refractivity contribution in [3.63, 3.8) is 0 Å². The summed E-state index contributed by atoms with van der Waals surface area (Å²) < 4.78 is 10.7. The number of thiophene rings is 3. The van der Waals surface area contributed by atoms with Crippen LogP contribution >= 0.6 is 49.9 Å². The highest BCUT2D eigenvalue weighted by Crippen LogP contribution is 2.37. The minimum absolute atomic E-state index is 0.289. The SMILES string of the molecule is CCOC(=O)c1cc2c(C)c(C)nnc2s1.CCOC(=O)c1sc2nnc(C)c(C)c2c1Br.Cc1nnc2sc(C(=O)O)cc2c1C. The fourth-order valence-corrected chi connectivity index (χ4v) is 7.93. The Morgan fingerprint density at radius 3 is 1.62 bits per heavy atom. The number of ether oxygens (including phenoxy) is 2. The maximum Gasteiger partial charge on any atom is 0.349 e. The van der Waals surface area contributed by atoms with E-state index in [2.05, 4.69) is 46.5 Å². The molecule has 6 aromatic heterocycles. The van der Waals surface area contributed by atoms with Crippen LogP contribution in [0.1, 0.15) is 76.6 Å². The summed E-state index contributed by atoms with van der Waals surface area (Å²) in [5, 5.41) is 35.8. The average molecular weight is 760 g/mol. The third-order valence-corrected chi connectivity index (χ3v) is 11.2. The van der Waals surface area contributed by atoms with Crippen LogP contribution in [0.15, 0.2) is 16.6 Å². The molecule has 12 nitrogen and oxygen atoms in total. The quantitative estimate of drug-likeness (QED) is 0.170. The molecule has 0 amide bonds. The van der Waals surface area contributed by atoms with E-state index in [0.717, 1.165) is 75.4 Å². The van der Waals surface area contributed by atoms with Crippen molar-refractivity contribution in [1.29, 1.82) is 0 Å². The van der Waals surface area contributed by atoms with Gasteiger partial charge in [0.15, 0.2) is 0 Å². The van der Waals surface area contributed by atoms with E-state index in [1.54, 1.807) is 19.9 Å². The van der Waals surface area contributed by atoms with Gasteiger partial charge in [0.1, 0.15) is 29.1 Å². The summed E-state index contributed by atoms with van der Waals surface area (Å²) in [4.78, 5) is 37.7. The van der Waals surface area contributed by atoms with Crippen molar-refractivity contribution in [2.24, 2.45) is 0 Å². The van der Waals surface area contributed by atoms with Crippen molar-refractivity contribution >= 4 is 98.5 Å². The second kappa shape index (κ2) is 15.3. The van der Waals surface area contributed by atoms with Crippen molar-refractivity contribution < 1.29 is 29.0 Å². The van der Waals surface area contributed by atoms with Crippen LogP contribution in [0.3, 0.4) is 0 Å². The monoisotopic (exact) mass is 758 g/mol. The Hall–Kier alpha value is -3.99. The summed E-state index contributed by atoms with van der Waals surface area (Å²) >= 11 is 7.22. The maximum absolute atomic E-state index is 11.7. The molecule has 16 heteroatoms. The maximum atomic E-state index is 11.7. The number of aromatic nitrogens is 6. The molecule has 6 heterocycles. The Morgan fingerprint density at radius 1 is 0.660 bits per heavy atom. The number of carbonyl (C=O) groups is 3. The van der Waals surface area contributed by atoms with Gasteiger partial charge in [0.2, 0.25) is 0 Å². The molecule has 0 spiro atoms. The van der Waals surface area contributed by atoms with Gasteiger partial charge in [-0.3, -0.25) is 0 Å². The zero-order valence-corrected chi connectivity index (χ0v) is 30.9. The Balaban J connectivity index is 0.000000160.